The molecule has 0 aliphatic heterocycles. The fourth-order valence-electron chi connectivity index (χ4n) is 2.22. The maximum atomic E-state index is 13.3. The van der Waals surface area contributed by atoms with Crippen molar-refractivity contribution in [3.05, 3.63) is 35.6 Å². The van der Waals surface area contributed by atoms with Gasteiger partial charge < -0.3 is 5.11 Å². The Morgan fingerprint density at radius 2 is 1.94 bits per heavy atom. The highest BCUT2D eigenvalue weighted by Crippen LogP contribution is 2.31. The maximum Gasteiger partial charge on any atom is 0.168 e. The molecule has 0 spiro atoms. The van der Waals surface area contributed by atoms with Crippen LogP contribution in [0.2, 0.25) is 0 Å². The van der Waals surface area contributed by atoms with E-state index in [1.807, 2.05) is 0 Å². The minimum absolute atomic E-state index is 0.0107. The molecule has 0 atom stereocenters. The molecule has 1 saturated carbocycles. The third kappa shape index (κ3) is 2.14. The van der Waals surface area contributed by atoms with Crippen molar-refractivity contribution in [1.29, 1.82) is 0 Å². The molecule has 0 heterocycles. The van der Waals surface area contributed by atoms with E-state index in [0.29, 0.717) is 18.4 Å². The second-order valence-corrected chi connectivity index (χ2v) is 4.43. The average molecular weight is 222 g/mol. The fraction of sp³-hybridized carbons (Fsp3) is 0.462. The van der Waals surface area contributed by atoms with Crippen molar-refractivity contribution in [2.75, 3.05) is 0 Å². The number of halogens is 1. The molecule has 3 heteroatoms. The van der Waals surface area contributed by atoms with E-state index in [4.69, 9.17) is 0 Å². The number of aliphatic hydroxyl groups is 1. The minimum atomic E-state index is -1.21. The first-order chi connectivity index (χ1) is 7.62. The quantitative estimate of drug-likeness (QED) is 0.851. The summed E-state index contributed by atoms with van der Waals surface area (Å²) in [6.45, 7) is 0. The zero-order valence-electron chi connectivity index (χ0n) is 9.08. The van der Waals surface area contributed by atoms with Crippen LogP contribution in [0.15, 0.2) is 24.3 Å². The number of carbonyl (C=O) groups is 1. The summed E-state index contributed by atoms with van der Waals surface area (Å²) in [4.78, 5) is 11.9. The number of carbonyl (C=O) groups excluding carboxylic acids is 1. The average Bonchev–Trinajstić information content (AvgIpc) is 2.70. The van der Waals surface area contributed by atoms with E-state index in [-0.39, 0.29) is 18.0 Å². The molecule has 1 aromatic rings. The summed E-state index contributed by atoms with van der Waals surface area (Å²) < 4.78 is 13.3. The second-order valence-electron chi connectivity index (χ2n) is 4.43. The molecule has 1 aliphatic rings. The normalized spacial score (nSPS) is 18.6. The zero-order chi connectivity index (χ0) is 11.6. The molecule has 2 rings (SSSR count). The van der Waals surface area contributed by atoms with Gasteiger partial charge in [-0.25, -0.2) is 4.39 Å². The highest BCUT2D eigenvalue weighted by atomic mass is 19.1. The van der Waals surface area contributed by atoms with Gasteiger partial charge >= 0.3 is 0 Å². The van der Waals surface area contributed by atoms with Crippen LogP contribution in [0.4, 0.5) is 4.39 Å². The maximum absolute atomic E-state index is 13.3. The van der Waals surface area contributed by atoms with E-state index in [1.165, 1.54) is 6.07 Å². The van der Waals surface area contributed by atoms with E-state index >= 15 is 0 Å². The lowest BCUT2D eigenvalue weighted by Crippen LogP contribution is -2.36. The molecule has 0 amide bonds. The summed E-state index contributed by atoms with van der Waals surface area (Å²) >= 11 is 0. The van der Waals surface area contributed by atoms with Gasteiger partial charge in [-0.2, -0.15) is 0 Å². The molecule has 1 N–H and O–H groups in total. The van der Waals surface area contributed by atoms with E-state index in [9.17, 15) is 14.3 Å². The molecule has 2 nitrogen and oxygen atoms in total. The number of Topliss-reactive ketones (excluding diaryl/α,β-unsaturated/α-hetero) is 1. The summed E-state index contributed by atoms with van der Waals surface area (Å²) in [6, 6.07) is 6.21. The van der Waals surface area contributed by atoms with E-state index in [1.54, 1.807) is 18.2 Å². The Kier molecular flexibility index (Phi) is 3.06. The van der Waals surface area contributed by atoms with Crippen LogP contribution in [0.3, 0.4) is 0 Å². The zero-order valence-corrected chi connectivity index (χ0v) is 9.08. The van der Waals surface area contributed by atoms with Gasteiger partial charge in [-0.3, -0.25) is 4.79 Å². The molecule has 1 aromatic carbocycles. The highest BCUT2D eigenvalue weighted by Gasteiger charge is 2.38. The molecular formula is C13H15FO2. The number of benzene rings is 1. The molecule has 0 bridgehead atoms. The van der Waals surface area contributed by atoms with Crippen molar-refractivity contribution < 1.29 is 14.3 Å². The Labute approximate surface area is 94.1 Å². The third-order valence-electron chi connectivity index (χ3n) is 3.26. The summed E-state index contributed by atoms with van der Waals surface area (Å²) in [5.74, 6) is -0.632. The van der Waals surface area contributed by atoms with Crippen molar-refractivity contribution >= 4 is 5.78 Å². The van der Waals surface area contributed by atoms with Crippen molar-refractivity contribution in [3.63, 3.8) is 0 Å². The Morgan fingerprint density at radius 3 is 2.56 bits per heavy atom. The van der Waals surface area contributed by atoms with Crippen LogP contribution in [0, 0.1) is 5.82 Å². The lowest BCUT2D eigenvalue weighted by molar-refractivity contribution is -0.136. The SMILES string of the molecule is O=C(Cc1ccccc1F)C1(O)CCCC1. The van der Waals surface area contributed by atoms with Crippen LogP contribution >= 0.6 is 0 Å². The Hall–Kier alpha value is -1.22. The first kappa shape index (κ1) is 11.3. The molecular weight excluding hydrogens is 207 g/mol. The van der Waals surface area contributed by atoms with Gasteiger partial charge in [0.1, 0.15) is 11.4 Å². The van der Waals surface area contributed by atoms with Crippen molar-refractivity contribution in [2.45, 2.75) is 37.7 Å². The van der Waals surface area contributed by atoms with Gasteiger partial charge in [0.2, 0.25) is 0 Å². The molecule has 0 unspecified atom stereocenters. The Bertz CT molecular complexity index is 395. The van der Waals surface area contributed by atoms with Crippen molar-refractivity contribution in [2.24, 2.45) is 0 Å². The predicted octanol–water partition coefficient (Wildman–Crippen LogP) is 2.24. The molecule has 0 radical (unpaired) electrons. The van der Waals surface area contributed by atoms with Crippen LogP contribution in [-0.4, -0.2) is 16.5 Å². The largest absolute Gasteiger partial charge is 0.382 e. The van der Waals surface area contributed by atoms with E-state index in [2.05, 4.69) is 0 Å². The van der Waals surface area contributed by atoms with E-state index in [0.717, 1.165) is 12.8 Å². The van der Waals surface area contributed by atoms with E-state index < -0.39 is 5.60 Å². The van der Waals surface area contributed by atoms with Crippen LogP contribution < -0.4 is 0 Å². The van der Waals surface area contributed by atoms with Gasteiger partial charge in [-0.05, 0) is 37.3 Å². The first-order valence-electron chi connectivity index (χ1n) is 5.61. The van der Waals surface area contributed by atoms with Gasteiger partial charge in [0, 0.05) is 6.42 Å². The molecule has 0 aromatic heterocycles. The van der Waals surface area contributed by atoms with Gasteiger partial charge in [-0.15, -0.1) is 0 Å². The third-order valence-corrected chi connectivity index (χ3v) is 3.26. The van der Waals surface area contributed by atoms with Gasteiger partial charge in [0.25, 0.3) is 0 Å². The van der Waals surface area contributed by atoms with Gasteiger partial charge in [0.05, 0.1) is 0 Å². The molecule has 86 valence electrons. The summed E-state index contributed by atoms with van der Waals surface area (Å²) in [5, 5.41) is 10.0. The predicted molar refractivity (Wildman–Crippen MR) is 58.5 cm³/mol. The van der Waals surface area contributed by atoms with Crippen LogP contribution in [0.1, 0.15) is 31.2 Å². The number of ketones is 1. The van der Waals surface area contributed by atoms with Crippen LogP contribution in [-0.2, 0) is 11.2 Å². The summed E-state index contributed by atoms with van der Waals surface area (Å²) in [7, 11) is 0. The molecule has 0 saturated heterocycles. The minimum Gasteiger partial charge on any atom is -0.382 e. The number of hydrogen-bond donors (Lipinski definition) is 1. The van der Waals surface area contributed by atoms with Crippen molar-refractivity contribution in [3.8, 4) is 0 Å². The molecule has 1 fully saturated rings. The topological polar surface area (TPSA) is 37.3 Å². The van der Waals surface area contributed by atoms with Gasteiger partial charge in [-0.1, -0.05) is 18.2 Å². The summed E-state index contributed by atoms with van der Waals surface area (Å²) in [6.07, 6.45) is 2.77. The van der Waals surface area contributed by atoms with Crippen LogP contribution in [0.5, 0.6) is 0 Å². The highest BCUT2D eigenvalue weighted by molar-refractivity contribution is 5.89. The lowest BCUT2D eigenvalue weighted by Gasteiger charge is -2.20. The van der Waals surface area contributed by atoms with Crippen molar-refractivity contribution in [1.82, 2.24) is 0 Å². The first-order valence-corrected chi connectivity index (χ1v) is 5.61. The monoisotopic (exact) mass is 222 g/mol. The summed E-state index contributed by atoms with van der Waals surface area (Å²) in [5.41, 5.74) is -0.838. The lowest BCUT2D eigenvalue weighted by atomic mass is 9.92. The molecule has 1 aliphatic carbocycles. The number of rotatable bonds is 3. The van der Waals surface area contributed by atoms with Gasteiger partial charge in [0.15, 0.2) is 5.78 Å². The smallest absolute Gasteiger partial charge is 0.168 e. The Balaban J connectivity index is 2.10. The molecule has 16 heavy (non-hydrogen) atoms. The fourth-order valence-corrected chi connectivity index (χ4v) is 2.22. The van der Waals surface area contributed by atoms with Crippen LogP contribution in [0.25, 0.3) is 0 Å². The number of hydrogen-bond acceptors (Lipinski definition) is 2. The Morgan fingerprint density at radius 1 is 1.31 bits per heavy atom. The second kappa shape index (κ2) is 4.34. The standard InChI is InChI=1S/C13H15FO2/c14-11-6-2-1-5-10(11)9-12(15)13(16)7-3-4-8-13/h1-2,5-6,16H,3-4,7-9H2.